The fraction of sp³-hybridized carbons (Fsp3) is 0.143. The van der Waals surface area contributed by atoms with Crippen LogP contribution in [0.1, 0.15) is 0 Å². The van der Waals surface area contributed by atoms with Crippen LogP contribution in [0.25, 0.3) is 17.0 Å². The van der Waals surface area contributed by atoms with E-state index in [-0.39, 0.29) is 0 Å². The largest absolute Gasteiger partial charge is 0.497 e. The highest BCUT2D eigenvalue weighted by molar-refractivity contribution is 5.69. The Morgan fingerprint density at radius 2 is 1.90 bits per heavy atom. The molecule has 2 heterocycles. The van der Waals surface area contributed by atoms with Crippen molar-refractivity contribution in [3.63, 3.8) is 0 Å². The molecule has 20 heavy (non-hydrogen) atoms. The third kappa shape index (κ3) is 1.91. The Morgan fingerprint density at radius 3 is 2.65 bits per heavy atom. The predicted molar refractivity (Wildman–Crippen MR) is 75.9 cm³/mol. The summed E-state index contributed by atoms with van der Waals surface area (Å²) in [4.78, 5) is 0. The van der Waals surface area contributed by atoms with Crippen LogP contribution >= 0.6 is 0 Å². The van der Waals surface area contributed by atoms with Crippen molar-refractivity contribution in [2.75, 3.05) is 20.0 Å². The minimum Gasteiger partial charge on any atom is -0.497 e. The van der Waals surface area contributed by atoms with E-state index >= 15 is 0 Å². The number of anilines is 1. The molecule has 2 N–H and O–H groups in total. The van der Waals surface area contributed by atoms with E-state index in [4.69, 9.17) is 15.2 Å². The molecule has 0 saturated heterocycles. The van der Waals surface area contributed by atoms with Gasteiger partial charge in [0.1, 0.15) is 11.5 Å². The number of methoxy groups -OCH3 is 2. The number of rotatable bonds is 3. The molecule has 0 saturated carbocycles. The summed E-state index contributed by atoms with van der Waals surface area (Å²) in [6.45, 7) is 0. The zero-order chi connectivity index (χ0) is 14.1. The second-order valence-corrected chi connectivity index (χ2v) is 4.28. The highest BCUT2D eigenvalue weighted by atomic mass is 16.5. The number of benzene rings is 1. The number of fused-ring (bicyclic) bond motifs is 1. The van der Waals surface area contributed by atoms with Crippen LogP contribution in [0.4, 0.5) is 5.69 Å². The number of ether oxygens (including phenoxy) is 2. The average molecular weight is 270 g/mol. The highest BCUT2D eigenvalue weighted by Gasteiger charge is 2.14. The number of nitrogens with zero attached hydrogens (tertiary/aromatic N) is 3. The molecule has 0 aliphatic rings. The molecule has 102 valence electrons. The Labute approximate surface area is 115 Å². The van der Waals surface area contributed by atoms with Crippen LogP contribution < -0.4 is 15.2 Å². The molecule has 2 aromatic heterocycles. The Kier molecular flexibility index (Phi) is 2.90. The van der Waals surface area contributed by atoms with Gasteiger partial charge in [-0.1, -0.05) is 0 Å². The van der Waals surface area contributed by atoms with Gasteiger partial charge in [0.25, 0.3) is 0 Å². The van der Waals surface area contributed by atoms with Crippen molar-refractivity contribution < 1.29 is 9.47 Å². The molecule has 0 aliphatic carbocycles. The van der Waals surface area contributed by atoms with Gasteiger partial charge in [-0.15, -0.1) is 10.2 Å². The summed E-state index contributed by atoms with van der Waals surface area (Å²) in [7, 11) is 3.23. The molecule has 0 radical (unpaired) electrons. The van der Waals surface area contributed by atoms with E-state index in [1.54, 1.807) is 26.5 Å². The molecular weight excluding hydrogens is 256 g/mol. The maximum atomic E-state index is 5.82. The van der Waals surface area contributed by atoms with E-state index in [1.165, 1.54) is 0 Å². The standard InChI is InChI=1S/C14H14N4O2/c1-19-10-4-5-12(20-2)11(7-10)14-17-16-13-6-3-9(15)8-18(13)14/h3-8H,15H2,1-2H3. The molecule has 3 rings (SSSR count). The topological polar surface area (TPSA) is 74.7 Å². The molecule has 6 heteroatoms. The quantitative estimate of drug-likeness (QED) is 0.787. The molecule has 0 aliphatic heterocycles. The third-order valence-corrected chi connectivity index (χ3v) is 3.07. The number of aromatic nitrogens is 3. The highest BCUT2D eigenvalue weighted by Crippen LogP contribution is 2.32. The van der Waals surface area contributed by atoms with Crippen molar-refractivity contribution in [1.29, 1.82) is 0 Å². The van der Waals surface area contributed by atoms with Crippen LogP contribution in [0, 0.1) is 0 Å². The molecular formula is C14H14N4O2. The van der Waals surface area contributed by atoms with Gasteiger partial charge in [0.15, 0.2) is 11.5 Å². The van der Waals surface area contributed by atoms with Gasteiger partial charge in [0, 0.05) is 11.9 Å². The molecule has 0 fully saturated rings. The lowest BCUT2D eigenvalue weighted by molar-refractivity contribution is 0.404. The summed E-state index contributed by atoms with van der Waals surface area (Å²) in [5.74, 6) is 2.08. The molecule has 3 aromatic rings. The fourth-order valence-electron chi connectivity index (χ4n) is 2.08. The lowest BCUT2D eigenvalue weighted by Gasteiger charge is -2.09. The Bertz CT molecular complexity index is 767. The lowest BCUT2D eigenvalue weighted by Crippen LogP contribution is -1.96. The number of nitrogen functional groups attached to an aromatic ring is 1. The van der Waals surface area contributed by atoms with Gasteiger partial charge in [0.2, 0.25) is 0 Å². The van der Waals surface area contributed by atoms with E-state index in [2.05, 4.69) is 10.2 Å². The molecule has 6 nitrogen and oxygen atoms in total. The maximum absolute atomic E-state index is 5.82. The van der Waals surface area contributed by atoms with Crippen molar-refractivity contribution in [3.05, 3.63) is 36.5 Å². The first-order valence-corrected chi connectivity index (χ1v) is 6.05. The number of nitrogens with two attached hydrogens (primary N) is 1. The van der Waals surface area contributed by atoms with Crippen LogP contribution in [0.3, 0.4) is 0 Å². The number of hydrogen-bond acceptors (Lipinski definition) is 5. The summed E-state index contributed by atoms with van der Waals surface area (Å²) >= 11 is 0. The first-order valence-electron chi connectivity index (χ1n) is 6.05. The van der Waals surface area contributed by atoms with Crippen LogP contribution in [-0.2, 0) is 0 Å². The molecule has 0 spiro atoms. The molecule has 0 unspecified atom stereocenters. The number of hydrogen-bond donors (Lipinski definition) is 1. The van der Waals surface area contributed by atoms with Gasteiger partial charge in [0.05, 0.1) is 19.8 Å². The summed E-state index contributed by atoms with van der Waals surface area (Å²) in [5.41, 5.74) is 7.98. The van der Waals surface area contributed by atoms with Crippen molar-refractivity contribution in [2.45, 2.75) is 0 Å². The Balaban J connectivity index is 2.26. The van der Waals surface area contributed by atoms with Crippen LogP contribution in [0.2, 0.25) is 0 Å². The lowest BCUT2D eigenvalue weighted by atomic mass is 10.1. The second-order valence-electron chi connectivity index (χ2n) is 4.28. The SMILES string of the molecule is COc1ccc(OC)c(-c2nnc3ccc(N)cn23)c1. The van der Waals surface area contributed by atoms with E-state index in [0.717, 1.165) is 17.0 Å². The van der Waals surface area contributed by atoms with Crippen molar-refractivity contribution in [2.24, 2.45) is 0 Å². The minimum absolute atomic E-state index is 0.639. The van der Waals surface area contributed by atoms with Gasteiger partial charge in [-0.25, -0.2) is 0 Å². The van der Waals surface area contributed by atoms with E-state index in [0.29, 0.717) is 17.3 Å². The number of pyridine rings is 1. The monoisotopic (exact) mass is 270 g/mol. The Morgan fingerprint density at radius 1 is 1.05 bits per heavy atom. The zero-order valence-electron chi connectivity index (χ0n) is 11.2. The molecule has 0 amide bonds. The summed E-state index contributed by atoms with van der Waals surface area (Å²) < 4.78 is 12.5. The smallest absolute Gasteiger partial charge is 0.172 e. The average Bonchev–Trinajstić information content (AvgIpc) is 2.89. The van der Waals surface area contributed by atoms with Crippen molar-refractivity contribution in [3.8, 4) is 22.9 Å². The van der Waals surface area contributed by atoms with E-state index < -0.39 is 0 Å². The first kappa shape index (κ1) is 12.3. The van der Waals surface area contributed by atoms with Crippen molar-refractivity contribution in [1.82, 2.24) is 14.6 Å². The third-order valence-electron chi connectivity index (χ3n) is 3.07. The molecule has 1 aromatic carbocycles. The fourth-order valence-corrected chi connectivity index (χ4v) is 2.08. The van der Waals surface area contributed by atoms with Crippen LogP contribution in [-0.4, -0.2) is 28.8 Å². The van der Waals surface area contributed by atoms with E-state index in [1.807, 2.05) is 28.7 Å². The predicted octanol–water partition coefficient (Wildman–Crippen LogP) is 2.00. The molecule has 0 atom stereocenters. The van der Waals surface area contributed by atoms with Gasteiger partial charge in [-0.3, -0.25) is 4.40 Å². The minimum atomic E-state index is 0.639. The zero-order valence-corrected chi connectivity index (χ0v) is 11.2. The van der Waals surface area contributed by atoms with Gasteiger partial charge in [-0.2, -0.15) is 0 Å². The summed E-state index contributed by atoms with van der Waals surface area (Å²) in [6, 6.07) is 9.13. The maximum Gasteiger partial charge on any atom is 0.172 e. The first-order chi connectivity index (χ1) is 9.72. The van der Waals surface area contributed by atoms with Crippen molar-refractivity contribution >= 4 is 11.3 Å². The summed E-state index contributed by atoms with van der Waals surface area (Å²) in [6.07, 6.45) is 1.78. The van der Waals surface area contributed by atoms with Gasteiger partial charge in [-0.05, 0) is 30.3 Å². The van der Waals surface area contributed by atoms with Crippen LogP contribution in [0.5, 0.6) is 11.5 Å². The van der Waals surface area contributed by atoms with Gasteiger partial charge >= 0.3 is 0 Å². The Hall–Kier alpha value is -2.76. The molecule has 0 bridgehead atoms. The van der Waals surface area contributed by atoms with Crippen LogP contribution in [0.15, 0.2) is 36.5 Å². The normalized spacial score (nSPS) is 10.7. The summed E-state index contributed by atoms with van der Waals surface area (Å²) in [5, 5.41) is 8.34. The van der Waals surface area contributed by atoms with E-state index in [9.17, 15) is 0 Å². The second kappa shape index (κ2) is 4.73. The van der Waals surface area contributed by atoms with Gasteiger partial charge < -0.3 is 15.2 Å².